The van der Waals surface area contributed by atoms with Crippen LogP contribution in [0, 0.1) is 0 Å². The van der Waals surface area contributed by atoms with Gasteiger partial charge >= 0.3 is 5.97 Å². The lowest BCUT2D eigenvalue weighted by Crippen LogP contribution is -2.08. The lowest BCUT2D eigenvalue weighted by atomic mass is 10.3. The van der Waals surface area contributed by atoms with Crippen LogP contribution < -0.4 is 4.74 Å². The molecule has 1 heterocycles. The summed E-state index contributed by atoms with van der Waals surface area (Å²) in [5, 5.41) is 0. The van der Waals surface area contributed by atoms with Crippen molar-refractivity contribution in [3.05, 3.63) is 24.0 Å². The molecular formula is C13H19NO3. The summed E-state index contributed by atoms with van der Waals surface area (Å²) >= 11 is 0. The highest BCUT2D eigenvalue weighted by atomic mass is 16.5. The Morgan fingerprint density at radius 3 is 2.76 bits per heavy atom. The van der Waals surface area contributed by atoms with Crippen molar-refractivity contribution in [2.75, 3.05) is 13.2 Å². The summed E-state index contributed by atoms with van der Waals surface area (Å²) in [5.74, 6) is 0.491. The van der Waals surface area contributed by atoms with E-state index in [1.807, 2.05) is 6.07 Å². The molecule has 0 amide bonds. The number of nitrogens with zero attached hydrogens (tertiary/aromatic N) is 1. The van der Waals surface area contributed by atoms with Crippen molar-refractivity contribution in [2.45, 2.75) is 33.1 Å². The molecule has 4 heteroatoms. The fraction of sp³-hybridized carbons (Fsp3) is 0.538. The topological polar surface area (TPSA) is 48.4 Å². The third kappa shape index (κ3) is 5.33. The number of pyridine rings is 1. The Morgan fingerprint density at radius 1 is 1.35 bits per heavy atom. The van der Waals surface area contributed by atoms with Gasteiger partial charge in [-0.1, -0.05) is 13.3 Å². The third-order valence-electron chi connectivity index (χ3n) is 2.20. The maximum atomic E-state index is 11.2. The first-order valence-electron chi connectivity index (χ1n) is 5.99. The zero-order valence-electron chi connectivity index (χ0n) is 10.4. The van der Waals surface area contributed by atoms with Crippen LogP contribution in [0.25, 0.3) is 0 Å². The second-order valence-electron chi connectivity index (χ2n) is 3.67. The number of hydrogen-bond acceptors (Lipinski definition) is 4. The number of carbonyl (C=O) groups is 1. The lowest BCUT2D eigenvalue weighted by molar-refractivity contribution is -0.142. The van der Waals surface area contributed by atoms with Crippen LogP contribution in [0.3, 0.4) is 0 Å². The van der Waals surface area contributed by atoms with Gasteiger partial charge in [-0.2, -0.15) is 0 Å². The second-order valence-corrected chi connectivity index (χ2v) is 3.67. The van der Waals surface area contributed by atoms with Gasteiger partial charge in [0.2, 0.25) is 0 Å². The van der Waals surface area contributed by atoms with Crippen molar-refractivity contribution in [3.8, 4) is 5.75 Å². The number of aromatic nitrogens is 1. The standard InChI is InChI=1S/C13H19NO3/c1-3-5-8-17-12-7-6-11(14-10-12)9-13(15)16-4-2/h6-7,10H,3-5,8-9H2,1-2H3. The number of hydrogen-bond donors (Lipinski definition) is 0. The average molecular weight is 237 g/mol. The molecule has 0 unspecified atom stereocenters. The summed E-state index contributed by atoms with van der Waals surface area (Å²) in [7, 11) is 0. The first kappa shape index (κ1) is 13.5. The molecule has 94 valence electrons. The molecular weight excluding hydrogens is 218 g/mol. The van der Waals surface area contributed by atoms with E-state index in [1.165, 1.54) is 0 Å². The fourth-order valence-corrected chi connectivity index (χ4v) is 1.30. The number of unbranched alkanes of at least 4 members (excludes halogenated alkanes) is 1. The number of rotatable bonds is 7. The molecule has 0 bridgehead atoms. The van der Waals surface area contributed by atoms with Crippen LogP contribution in [-0.4, -0.2) is 24.2 Å². The molecule has 1 rings (SSSR count). The van der Waals surface area contributed by atoms with E-state index in [0.717, 1.165) is 18.6 Å². The van der Waals surface area contributed by atoms with Gasteiger partial charge in [0.15, 0.2) is 0 Å². The van der Waals surface area contributed by atoms with Gasteiger partial charge in [0.1, 0.15) is 5.75 Å². The third-order valence-corrected chi connectivity index (χ3v) is 2.20. The van der Waals surface area contributed by atoms with Gasteiger partial charge in [-0.3, -0.25) is 9.78 Å². The highest BCUT2D eigenvalue weighted by Crippen LogP contribution is 2.10. The quantitative estimate of drug-likeness (QED) is 0.539. The molecule has 0 saturated carbocycles. The smallest absolute Gasteiger partial charge is 0.311 e. The molecule has 0 aliphatic heterocycles. The van der Waals surface area contributed by atoms with E-state index in [0.29, 0.717) is 18.9 Å². The Kier molecular flexibility index (Phi) is 6.07. The molecule has 0 N–H and O–H groups in total. The lowest BCUT2D eigenvalue weighted by Gasteiger charge is -2.05. The summed E-state index contributed by atoms with van der Waals surface area (Å²) in [4.78, 5) is 15.4. The highest BCUT2D eigenvalue weighted by Gasteiger charge is 2.05. The van der Waals surface area contributed by atoms with Crippen LogP contribution in [0.15, 0.2) is 18.3 Å². The Bertz CT molecular complexity index is 335. The molecule has 1 aromatic heterocycles. The normalized spacial score (nSPS) is 10.0. The van der Waals surface area contributed by atoms with E-state index in [2.05, 4.69) is 11.9 Å². The van der Waals surface area contributed by atoms with E-state index < -0.39 is 0 Å². The molecule has 0 atom stereocenters. The van der Waals surface area contributed by atoms with Crippen LogP contribution >= 0.6 is 0 Å². The number of esters is 1. The van der Waals surface area contributed by atoms with Gasteiger partial charge in [-0.25, -0.2) is 0 Å². The van der Waals surface area contributed by atoms with E-state index in [4.69, 9.17) is 9.47 Å². The minimum absolute atomic E-state index is 0.211. The van der Waals surface area contributed by atoms with Crippen LogP contribution in [0.2, 0.25) is 0 Å². The van der Waals surface area contributed by atoms with Crippen LogP contribution in [0.5, 0.6) is 5.75 Å². The predicted octanol–water partition coefficient (Wildman–Crippen LogP) is 2.37. The van der Waals surface area contributed by atoms with E-state index in [1.54, 1.807) is 19.2 Å². The minimum Gasteiger partial charge on any atom is -0.492 e. The minimum atomic E-state index is -0.250. The highest BCUT2D eigenvalue weighted by molar-refractivity contribution is 5.71. The van der Waals surface area contributed by atoms with E-state index >= 15 is 0 Å². The monoisotopic (exact) mass is 237 g/mol. The van der Waals surface area contributed by atoms with Gasteiger partial charge in [0.05, 0.1) is 31.5 Å². The van der Waals surface area contributed by atoms with Crippen molar-refractivity contribution in [1.29, 1.82) is 0 Å². The van der Waals surface area contributed by atoms with Crippen LogP contribution in [0.4, 0.5) is 0 Å². The van der Waals surface area contributed by atoms with Crippen LogP contribution in [0.1, 0.15) is 32.4 Å². The maximum absolute atomic E-state index is 11.2. The van der Waals surface area contributed by atoms with Gasteiger partial charge in [-0.15, -0.1) is 0 Å². The van der Waals surface area contributed by atoms with Gasteiger partial charge in [0, 0.05) is 0 Å². The summed E-state index contributed by atoms with van der Waals surface area (Å²) in [5.41, 5.74) is 0.700. The summed E-state index contributed by atoms with van der Waals surface area (Å²) in [6, 6.07) is 3.62. The van der Waals surface area contributed by atoms with E-state index in [9.17, 15) is 4.79 Å². The first-order valence-corrected chi connectivity index (χ1v) is 5.99. The van der Waals surface area contributed by atoms with Crippen LogP contribution in [-0.2, 0) is 16.0 Å². The van der Waals surface area contributed by atoms with Crippen molar-refractivity contribution >= 4 is 5.97 Å². The SMILES string of the molecule is CCCCOc1ccc(CC(=O)OCC)nc1. The molecule has 0 radical (unpaired) electrons. The van der Waals surface area contributed by atoms with Crippen molar-refractivity contribution in [3.63, 3.8) is 0 Å². The molecule has 1 aromatic rings. The Labute approximate surface area is 102 Å². The Morgan fingerprint density at radius 2 is 2.18 bits per heavy atom. The van der Waals surface area contributed by atoms with E-state index in [-0.39, 0.29) is 12.4 Å². The number of carbonyl (C=O) groups excluding carboxylic acids is 1. The summed E-state index contributed by atoms with van der Waals surface area (Å²) in [6.45, 7) is 5.01. The van der Waals surface area contributed by atoms with Gasteiger partial charge < -0.3 is 9.47 Å². The molecule has 0 spiro atoms. The molecule has 0 saturated heterocycles. The molecule has 0 fully saturated rings. The second kappa shape index (κ2) is 7.65. The van der Waals surface area contributed by atoms with Crippen molar-refractivity contribution < 1.29 is 14.3 Å². The summed E-state index contributed by atoms with van der Waals surface area (Å²) in [6.07, 6.45) is 3.99. The zero-order chi connectivity index (χ0) is 12.5. The Hall–Kier alpha value is -1.58. The molecule has 0 aliphatic carbocycles. The number of ether oxygens (including phenoxy) is 2. The zero-order valence-corrected chi connectivity index (χ0v) is 10.4. The predicted molar refractivity (Wildman–Crippen MR) is 65.0 cm³/mol. The largest absolute Gasteiger partial charge is 0.492 e. The Balaban J connectivity index is 2.41. The first-order chi connectivity index (χ1) is 8.26. The fourth-order valence-electron chi connectivity index (χ4n) is 1.30. The average Bonchev–Trinajstić information content (AvgIpc) is 2.32. The molecule has 4 nitrogen and oxygen atoms in total. The molecule has 17 heavy (non-hydrogen) atoms. The maximum Gasteiger partial charge on any atom is 0.311 e. The van der Waals surface area contributed by atoms with Gasteiger partial charge in [0.25, 0.3) is 0 Å². The van der Waals surface area contributed by atoms with Crippen molar-refractivity contribution in [1.82, 2.24) is 4.98 Å². The molecule has 0 aliphatic rings. The summed E-state index contributed by atoms with van der Waals surface area (Å²) < 4.78 is 10.3. The van der Waals surface area contributed by atoms with Gasteiger partial charge in [-0.05, 0) is 25.5 Å². The van der Waals surface area contributed by atoms with Crippen molar-refractivity contribution in [2.24, 2.45) is 0 Å². The molecule has 0 aromatic carbocycles.